The lowest BCUT2D eigenvalue weighted by Gasteiger charge is -2.10. The summed E-state index contributed by atoms with van der Waals surface area (Å²) >= 11 is 0. The van der Waals surface area contributed by atoms with Gasteiger partial charge in [-0.2, -0.15) is 0 Å². The zero-order valence-electron chi connectivity index (χ0n) is 13.5. The number of benzene rings is 1. The third-order valence-corrected chi connectivity index (χ3v) is 4.71. The molecule has 1 aliphatic rings. The number of imidazole rings is 2. The van der Waals surface area contributed by atoms with Crippen molar-refractivity contribution in [3.8, 4) is 0 Å². The zero-order valence-corrected chi connectivity index (χ0v) is 13.5. The number of H-pyrrole nitrogens is 2. The molecule has 27 heavy (non-hydrogen) atoms. The van der Waals surface area contributed by atoms with Gasteiger partial charge < -0.3 is 9.97 Å². The number of rotatable bonds is 0. The van der Waals surface area contributed by atoms with Crippen LogP contribution >= 0.6 is 0 Å². The molecule has 0 spiro atoms. The predicted molar refractivity (Wildman–Crippen MR) is 96.9 cm³/mol. The Morgan fingerprint density at radius 2 is 1.15 bits per heavy atom. The normalized spacial score (nSPS) is 13.6. The standard InChI is InChI=1S/C16H7N11/c1-2-17-12-5(1)22-6-7(23-12)9-11(27-16-15(25-9)20-4-21-16)10-8(6)24-13-14(26-10)19-3-18-13/h2-4,22-23H,1H2. The third-order valence-electron chi connectivity index (χ3n) is 4.71. The van der Waals surface area contributed by atoms with Gasteiger partial charge in [0.05, 0.1) is 16.7 Å². The molecule has 0 fully saturated rings. The van der Waals surface area contributed by atoms with E-state index in [9.17, 15) is 0 Å². The number of hydrogen-bond donors (Lipinski definition) is 2. The van der Waals surface area contributed by atoms with Crippen LogP contribution in [0.25, 0.3) is 55.7 Å². The Hall–Kier alpha value is -4.15. The Labute approximate surface area is 148 Å². The first kappa shape index (κ1) is 13.1. The van der Waals surface area contributed by atoms with Crippen LogP contribution < -0.4 is 0 Å². The second-order valence-corrected chi connectivity index (χ2v) is 6.23. The molecular formula is C16H7N11. The zero-order chi connectivity index (χ0) is 17.5. The van der Waals surface area contributed by atoms with Crippen LogP contribution in [-0.4, -0.2) is 56.1 Å². The van der Waals surface area contributed by atoms with Gasteiger partial charge in [-0.05, 0) is 0 Å². The molecule has 7 rings (SSSR count). The van der Waals surface area contributed by atoms with Crippen molar-refractivity contribution < 1.29 is 0 Å². The van der Waals surface area contributed by atoms with E-state index in [1.165, 1.54) is 12.7 Å². The molecule has 0 unspecified atom stereocenters. The molecule has 0 amide bonds. The summed E-state index contributed by atoms with van der Waals surface area (Å²) in [6.45, 7) is 0. The summed E-state index contributed by atoms with van der Waals surface area (Å²) < 4.78 is 0. The van der Waals surface area contributed by atoms with Gasteiger partial charge in [-0.15, -0.1) is 0 Å². The smallest absolute Gasteiger partial charge is 0.200 e. The van der Waals surface area contributed by atoms with Gasteiger partial charge in [0.15, 0.2) is 22.6 Å². The first-order valence-electron chi connectivity index (χ1n) is 8.21. The molecule has 0 radical (unpaired) electrons. The summed E-state index contributed by atoms with van der Waals surface area (Å²) in [5.41, 5.74) is 6.80. The highest BCUT2D eigenvalue weighted by molar-refractivity contribution is 6.19. The minimum atomic E-state index is 0.460. The molecule has 0 saturated heterocycles. The van der Waals surface area contributed by atoms with Crippen LogP contribution in [0.5, 0.6) is 0 Å². The van der Waals surface area contributed by atoms with E-state index in [-0.39, 0.29) is 0 Å². The highest BCUT2D eigenvalue weighted by atomic mass is 15.1. The molecule has 6 heterocycles. The van der Waals surface area contributed by atoms with E-state index < -0.39 is 0 Å². The Balaban J connectivity index is 1.83. The quantitative estimate of drug-likeness (QED) is 0.391. The van der Waals surface area contributed by atoms with Crippen LogP contribution in [0.2, 0.25) is 0 Å². The van der Waals surface area contributed by atoms with E-state index >= 15 is 0 Å². The molecule has 0 aliphatic carbocycles. The lowest BCUT2D eigenvalue weighted by atomic mass is 10.2. The highest BCUT2D eigenvalue weighted by Gasteiger charge is 2.20. The number of fused-ring (bicyclic) bond motifs is 9. The molecule has 1 aromatic carbocycles. The van der Waals surface area contributed by atoms with Gasteiger partial charge in [-0.25, -0.2) is 44.9 Å². The first-order chi connectivity index (χ1) is 13.3. The topological polar surface area (TPSA) is 147 Å². The molecule has 126 valence electrons. The van der Waals surface area contributed by atoms with Crippen molar-refractivity contribution in [2.45, 2.75) is 6.42 Å². The Morgan fingerprint density at radius 3 is 1.74 bits per heavy atom. The third kappa shape index (κ3) is 1.58. The number of nitrogens with zero attached hydrogens (tertiary/aromatic N) is 9. The Kier molecular flexibility index (Phi) is 2.10. The number of nitrogens with one attached hydrogen (secondary N) is 2. The van der Waals surface area contributed by atoms with Crippen LogP contribution in [0.1, 0.15) is 5.69 Å². The first-order valence-corrected chi connectivity index (χ1v) is 8.21. The van der Waals surface area contributed by atoms with Crippen molar-refractivity contribution in [3.63, 3.8) is 0 Å². The minimum absolute atomic E-state index is 0.460. The highest BCUT2D eigenvalue weighted by Crippen LogP contribution is 2.33. The minimum Gasteiger partial charge on any atom is -0.352 e. The lowest BCUT2D eigenvalue weighted by molar-refractivity contribution is 1.17. The number of hydrogen-bond acceptors (Lipinski definition) is 9. The molecule has 2 N–H and O–H groups in total. The van der Waals surface area contributed by atoms with Crippen molar-refractivity contribution in [3.05, 3.63) is 18.3 Å². The molecule has 11 nitrogen and oxygen atoms in total. The van der Waals surface area contributed by atoms with E-state index in [0.717, 1.165) is 22.5 Å². The van der Waals surface area contributed by atoms with Gasteiger partial charge in [0.2, 0.25) is 0 Å². The van der Waals surface area contributed by atoms with Crippen LogP contribution in [0, 0.1) is 0 Å². The Morgan fingerprint density at radius 1 is 0.630 bits per heavy atom. The van der Waals surface area contributed by atoms with Crippen molar-refractivity contribution in [1.29, 1.82) is 0 Å². The van der Waals surface area contributed by atoms with E-state index in [1.807, 2.05) is 6.21 Å². The number of aliphatic imine (C=N–C) groups is 1. The van der Waals surface area contributed by atoms with Gasteiger partial charge in [0, 0.05) is 12.6 Å². The summed E-state index contributed by atoms with van der Waals surface area (Å²) in [6.07, 6.45) is 5.45. The average Bonchev–Trinajstić information content (AvgIpc) is 3.43. The summed E-state index contributed by atoms with van der Waals surface area (Å²) in [4.78, 5) is 46.5. The average molecular weight is 353 g/mol. The van der Waals surface area contributed by atoms with E-state index in [0.29, 0.717) is 51.1 Å². The van der Waals surface area contributed by atoms with Gasteiger partial charge in [-0.3, -0.25) is 0 Å². The summed E-state index contributed by atoms with van der Waals surface area (Å²) in [5, 5.41) is 0. The van der Waals surface area contributed by atoms with Crippen LogP contribution in [0.15, 0.2) is 17.6 Å². The van der Waals surface area contributed by atoms with Crippen LogP contribution in [0.4, 0.5) is 5.82 Å². The van der Waals surface area contributed by atoms with Crippen molar-refractivity contribution in [2.75, 3.05) is 0 Å². The summed E-state index contributed by atoms with van der Waals surface area (Å²) in [7, 11) is 0. The summed E-state index contributed by atoms with van der Waals surface area (Å²) in [6, 6.07) is 0. The van der Waals surface area contributed by atoms with E-state index in [4.69, 9.17) is 0 Å². The van der Waals surface area contributed by atoms with Crippen molar-refractivity contribution >= 4 is 67.7 Å². The maximum absolute atomic E-state index is 4.68. The van der Waals surface area contributed by atoms with Gasteiger partial charge in [0.1, 0.15) is 40.5 Å². The second kappa shape index (κ2) is 4.33. The molecule has 6 aromatic rings. The molecule has 11 heteroatoms. The van der Waals surface area contributed by atoms with Gasteiger partial charge >= 0.3 is 0 Å². The molecule has 0 bridgehead atoms. The maximum Gasteiger partial charge on any atom is 0.200 e. The summed E-state index contributed by atoms with van der Waals surface area (Å²) in [5.74, 6) is 0.765. The largest absolute Gasteiger partial charge is 0.352 e. The number of aromatic amines is 2. The maximum atomic E-state index is 4.68. The van der Waals surface area contributed by atoms with Crippen molar-refractivity contribution in [2.24, 2.45) is 4.99 Å². The molecule has 0 atom stereocenters. The van der Waals surface area contributed by atoms with E-state index in [1.54, 1.807) is 0 Å². The lowest BCUT2D eigenvalue weighted by Crippen LogP contribution is -1.99. The molecule has 0 saturated carbocycles. The fourth-order valence-corrected chi connectivity index (χ4v) is 3.51. The fourth-order valence-electron chi connectivity index (χ4n) is 3.51. The predicted octanol–water partition coefficient (Wildman–Crippen LogP) is 1.53. The monoisotopic (exact) mass is 353 g/mol. The molecule has 5 aromatic heterocycles. The second-order valence-electron chi connectivity index (χ2n) is 6.23. The van der Waals surface area contributed by atoms with E-state index in [2.05, 4.69) is 54.8 Å². The molecular weight excluding hydrogens is 346 g/mol. The number of aromatic nitrogens is 10. The Bertz CT molecular complexity index is 1610. The van der Waals surface area contributed by atoms with Gasteiger partial charge in [0.25, 0.3) is 0 Å². The van der Waals surface area contributed by atoms with Gasteiger partial charge in [-0.1, -0.05) is 0 Å². The van der Waals surface area contributed by atoms with Crippen molar-refractivity contribution in [1.82, 2.24) is 49.8 Å². The molecule has 1 aliphatic heterocycles. The fraction of sp³-hybridized carbons (Fsp3) is 0.0625. The van der Waals surface area contributed by atoms with Crippen LogP contribution in [0.3, 0.4) is 0 Å². The SMILES string of the molecule is C1=Nc2[nH]c3c4nc5ncnc5nc4c4nc5ncnc5nc4c3[nH]c2C1. The van der Waals surface area contributed by atoms with Crippen LogP contribution in [-0.2, 0) is 6.42 Å².